The maximum atomic E-state index is 12.9. The number of nitrogens with zero attached hydrogens (tertiary/aromatic N) is 2. The van der Waals surface area contributed by atoms with Crippen LogP contribution in [0.3, 0.4) is 0 Å². The molecule has 1 heterocycles. The minimum atomic E-state index is -3.66. The highest BCUT2D eigenvalue weighted by Gasteiger charge is 2.24. The highest BCUT2D eigenvalue weighted by Crippen LogP contribution is 2.27. The lowest BCUT2D eigenvalue weighted by molar-refractivity contribution is 0.532. The van der Waals surface area contributed by atoms with Crippen LogP contribution in [0.1, 0.15) is 25.5 Å². The van der Waals surface area contributed by atoms with Gasteiger partial charge in [-0.2, -0.15) is 5.10 Å². The number of benzene rings is 2. The predicted octanol–water partition coefficient (Wildman–Crippen LogP) is 3.65. The average Bonchev–Trinajstić information content (AvgIpc) is 3.10. The second-order valence-corrected chi connectivity index (χ2v) is 8.15. The molecule has 26 heavy (non-hydrogen) atoms. The van der Waals surface area contributed by atoms with E-state index in [1.165, 1.54) is 0 Å². The summed E-state index contributed by atoms with van der Waals surface area (Å²) in [6.45, 7) is 4.29. The maximum absolute atomic E-state index is 12.9. The van der Waals surface area contributed by atoms with Gasteiger partial charge >= 0.3 is 0 Å². The molecule has 0 saturated heterocycles. The van der Waals surface area contributed by atoms with Crippen LogP contribution < -0.4 is 4.72 Å². The highest BCUT2D eigenvalue weighted by atomic mass is 32.2. The van der Waals surface area contributed by atoms with E-state index < -0.39 is 10.0 Å². The summed E-state index contributed by atoms with van der Waals surface area (Å²) in [5, 5.41) is 4.51. The molecule has 3 aromatic rings. The molecule has 0 aliphatic rings. The first-order valence-electron chi connectivity index (χ1n) is 8.65. The Kier molecular flexibility index (Phi) is 5.54. The fraction of sp³-hybridized carbons (Fsp3) is 0.250. The van der Waals surface area contributed by atoms with Crippen LogP contribution in [-0.4, -0.2) is 24.7 Å². The molecule has 6 heteroatoms. The zero-order chi connectivity index (χ0) is 18.6. The van der Waals surface area contributed by atoms with E-state index in [4.69, 9.17) is 0 Å². The summed E-state index contributed by atoms with van der Waals surface area (Å²) in [5.41, 5.74) is 2.36. The van der Waals surface area contributed by atoms with E-state index in [1.807, 2.05) is 74.5 Å². The van der Waals surface area contributed by atoms with Gasteiger partial charge in [-0.05, 0) is 25.8 Å². The van der Waals surface area contributed by atoms with Crippen molar-refractivity contribution in [3.05, 3.63) is 72.4 Å². The van der Waals surface area contributed by atoms with Gasteiger partial charge in [-0.1, -0.05) is 60.7 Å². The van der Waals surface area contributed by atoms with Gasteiger partial charge in [-0.25, -0.2) is 13.1 Å². The van der Waals surface area contributed by atoms with Crippen LogP contribution in [0.15, 0.2) is 71.8 Å². The van der Waals surface area contributed by atoms with Crippen molar-refractivity contribution >= 4 is 10.0 Å². The Morgan fingerprint density at radius 1 is 1.00 bits per heavy atom. The van der Waals surface area contributed by atoms with Crippen LogP contribution in [0, 0.1) is 0 Å². The van der Waals surface area contributed by atoms with Crippen molar-refractivity contribution < 1.29 is 8.42 Å². The molecule has 3 rings (SSSR count). The smallest absolute Gasteiger partial charge is 0.244 e. The highest BCUT2D eigenvalue weighted by molar-refractivity contribution is 7.89. The molecule has 0 fully saturated rings. The number of hydrogen-bond acceptors (Lipinski definition) is 3. The van der Waals surface area contributed by atoms with Crippen LogP contribution in [0.25, 0.3) is 11.3 Å². The first-order chi connectivity index (χ1) is 12.5. The second-order valence-electron chi connectivity index (χ2n) is 6.42. The van der Waals surface area contributed by atoms with Gasteiger partial charge in [0.2, 0.25) is 10.0 Å². The maximum Gasteiger partial charge on any atom is 0.244 e. The lowest BCUT2D eigenvalue weighted by Gasteiger charge is -2.07. The van der Waals surface area contributed by atoms with Crippen molar-refractivity contribution in [3.63, 3.8) is 0 Å². The molecule has 0 atom stereocenters. The summed E-state index contributed by atoms with van der Waals surface area (Å²) in [4.78, 5) is 0.213. The van der Waals surface area contributed by atoms with Gasteiger partial charge in [0, 0.05) is 24.3 Å². The molecule has 0 aliphatic heterocycles. The summed E-state index contributed by atoms with van der Waals surface area (Å²) in [6.07, 6.45) is 2.25. The molecule has 0 saturated carbocycles. The van der Waals surface area contributed by atoms with Crippen LogP contribution in [0.4, 0.5) is 0 Å². The van der Waals surface area contributed by atoms with Crippen molar-refractivity contribution in [1.82, 2.24) is 14.5 Å². The van der Waals surface area contributed by atoms with E-state index in [0.717, 1.165) is 11.1 Å². The molecule has 1 aromatic heterocycles. The first-order valence-corrected chi connectivity index (χ1v) is 10.1. The summed E-state index contributed by atoms with van der Waals surface area (Å²) < 4.78 is 30.2. The first kappa shape index (κ1) is 18.4. The van der Waals surface area contributed by atoms with Crippen molar-refractivity contribution in [3.8, 4) is 11.3 Å². The van der Waals surface area contributed by atoms with E-state index in [2.05, 4.69) is 9.82 Å². The summed E-state index contributed by atoms with van der Waals surface area (Å²) in [6, 6.07) is 19.3. The lowest BCUT2D eigenvalue weighted by atomic mass is 10.2. The number of aromatic nitrogens is 2. The van der Waals surface area contributed by atoms with Gasteiger partial charge in [0.05, 0.1) is 0 Å². The van der Waals surface area contributed by atoms with Gasteiger partial charge in [0.15, 0.2) is 0 Å². The second kappa shape index (κ2) is 7.85. The van der Waals surface area contributed by atoms with Gasteiger partial charge in [0.25, 0.3) is 0 Å². The van der Waals surface area contributed by atoms with Crippen LogP contribution in [0.2, 0.25) is 0 Å². The Labute approximate surface area is 154 Å². The Bertz CT molecular complexity index is 949. The standard InChI is InChI=1S/C20H23N3O2S/c1-16(2)23-15-19(20(22-23)18-11-7-4-8-12-18)26(24,25)21-14-13-17-9-5-3-6-10-17/h3-12,15-16,21H,13-14H2,1-2H3. The zero-order valence-corrected chi connectivity index (χ0v) is 15.8. The van der Waals surface area contributed by atoms with Crippen molar-refractivity contribution in [2.75, 3.05) is 6.54 Å². The van der Waals surface area contributed by atoms with Crippen molar-refractivity contribution in [2.45, 2.75) is 31.2 Å². The molecule has 2 aromatic carbocycles. The van der Waals surface area contributed by atoms with Gasteiger partial charge in [-0.3, -0.25) is 4.68 Å². The van der Waals surface area contributed by atoms with Crippen LogP contribution >= 0.6 is 0 Å². The summed E-state index contributed by atoms with van der Waals surface area (Å²) in [7, 11) is -3.66. The molecule has 0 unspecified atom stereocenters. The van der Waals surface area contributed by atoms with Crippen molar-refractivity contribution in [2.24, 2.45) is 0 Å². The Balaban J connectivity index is 1.86. The molecule has 0 bridgehead atoms. The van der Waals surface area contributed by atoms with Gasteiger partial charge in [-0.15, -0.1) is 0 Å². The number of sulfonamides is 1. The Morgan fingerprint density at radius 3 is 2.23 bits per heavy atom. The summed E-state index contributed by atoms with van der Waals surface area (Å²) in [5.74, 6) is 0. The molecule has 0 aliphatic carbocycles. The molecule has 1 N–H and O–H groups in total. The molecule has 0 spiro atoms. The fourth-order valence-corrected chi connectivity index (χ4v) is 3.87. The van der Waals surface area contributed by atoms with E-state index in [0.29, 0.717) is 18.7 Å². The minimum absolute atomic E-state index is 0.0748. The van der Waals surface area contributed by atoms with Gasteiger partial charge in [0.1, 0.15) is 10.6 Å². The third kappa shape index (κ3) is 4.20. The quantitative estimate of drug-likeness (QED) is 0.691. The Morgan fingerprint density at radius 2 is 1.62 bits per heavy atom. The van der Waals surface area contributed by atoms with E-state index in [9.17, 15) is 8.42 Å². The number of rotatable bonds is 7. The molecule has 0 radical (unpaired) electrons. The SMILES string of the molecule is CC(C)n1cc(S(=O)(=O)NCCc2ccccc2)c(-c2ccccc2)n1. The minimum Gasteiger partial charge on any atom is -0.268 e. The number of nitrogens with one attached hydrogen (secondary N) is 1. The predicted molar refractivity (Wildman–Crippen MR) is 103 cm³/mol. The summed E-state index contributed by atoms with van der Waals surface area (Å²) >= 11 is 0. The number of hydrogen-bond donors (Lipinski definition) is 1. The zero-order valence-electron chi connectivity index (χ0n) is 15.0. The van der Waals surface area contributed by atoms with E-state index in [-0.39, 0.29) is 10.9 Å². The molecular formula is C20H23N3O2S. The monoisotopic (exact) mass is 369 g/mol. The third-order valence-electron chi connectivity index (χ3n) is 4.11. The molecule has 5 nitrogen and oxygen atoms in total. The van der Waals surface area contributed by atoms with Crippen molar-refractivity contribution in [1.29, 1.82) is 0 Å². The lowest BCUT2D eigenvalue weighted by Crippen LogP contribution is -2.26. The normalized spacial score (nSPS) is 11.8. The molecule has 0 amide bonds. The van der Waals surface area contributed by atoms with E-state index in [1.54, 1.807) is 10.9 Å². The topological polar surface area (TPSA) is 64.0 Å². The largest absolute Gasteiger partial charge is 0.268 e. The third-order valence-corrected chi connectivity index (χ3v) is 5.57. The van der Waals surface area contributed by atoms with Crippen LogP contribution in [-0.2, 0) is 16.4 Å². The molecular weight excluding hydrogens is 346 g/mol. The van der Waals surface area contributed by atoms with Crippen LogP contribution in [0.5, 0.6) is 0 Å². The van der Waals surface area contributed by atoms with Gasteiger partial charge < -0.3 is 0 Å². The molecule has 136 valence electrons. The Hall–Kier alpha value is -2.44. The average molecular weight is 369 g/mol. The van der Waals surface area contributed by atoms with E-state index >= 15 is 0 Å². The fourth-order valence-electron chi connectivity index (χ4n) is 2.68.